The summed E-state index contributed by atoms with van der Waals surface area (Å²) in [5.74, 6) is 0.520. The molecule has 4 nitrogen and oxygen atoms in total. The zero-order valence-electron chi connectivity index (χ0n) is 11.1. The number of hydrogen-bond acceptors (Lipinski definition) is 3. The second-order valence-electron chi connectivity index (χ2n) is 5.35. The third kappa shape index (κ3) is 4.49. The monoisotopic (exact) mass is 281 g/mol. The van der Waals surface area contributed by atoms with Crippen LogP contribution in [0.2, 0.25) is 5.02 Å². The lowest BCUT2D eigenvalue weighted by Crippen LogP contribution is -2.48. The summed E-state index contributed by atoms with van der Waals surface area (Å²) in [6, 6.07) is 7.33. The Hall–Kier alpha value is -1.10. The van der Waals surface area contributed by atoms with Crippen LogP contribution in [0.4, 0.5) is 5.69 Å². The number of rotatable bonds is 3. The normalized spacial score (nSPS) is 24.2. The van der Waals surface area contributed by atoms with Gasteiger partial charge in [0.25, 0.3) is 0 Å². The molecule has 5 heteroatoms. The van der Waals surface area contributed by atoms with Gasteiger partial charge in [-0.05, 0) is 30.5 Å². The number of nitrogens with two attached hydrogens (primary N) is 1. The number of amides is 1. The number of carbonyl (C=O) groups is 1. The molecule has 3 N–H and O–H groups in total. The van der Waals surface area contributed by atoms with E-state index in [4.69, 9.17) is 17.3 Å². The molecular formula is C14H20ClN3O. The summed E-state index contributed by atoms with van der Waals surface area (Å²) in [6.07, 6.45) is 1.03. The van der Waals surface area contributed by atoms with Crippen LogP contribution in [0.15, 0.2) is 24.3 Å². The molecule has 1 saturated heterocycles. The number of hydrogen-bond donors (Lipinski definition) is 2. The Kier molecular flexibility index (Phi) is 4.80. The van der Waals surface area contributed by atoms with Gasteiger partial charge in [0.05, 0.1) is 6.54 Å². The number of carbonyl (C=O) groups excluding carboxylic acids is 1. The Bertz CT molecular complexity index is 442. The van der Waals surface area contributed by atoms with Crippen LogP contribution in [0.1, 0.15) is 13.3 Å². The van der Waals surface area contributed by atoms with E-state index in [1.54, 1.807) is 12.1 Å². The van der Waals surface area contributed by atoms with Crippen LogP contribution < -0.4 is 11.1 Å². The maximum atomic E-state index is 12.0. The van der Waals surface area contributed by atoms with Gasteiger partial charge in [-0.1, -0.05) is 24.6 Å². The third-order valence-electron chi connectivity index (χ3n) is 3.24. The first-order chi connectivity index (χ1) is 9.02. The van der Waals surface area contributed by atoms with Crippen molar-refractivity contribution in [2.24, 2.45) is 11.7 Å². The zero-order valence-corrected chi connectivity index (χ0v) is 11.9. The molecule has 0 spiro atoms. The molecule has 2 atom stereocenters. The standard InChI is InChI=1S/C14H20ClN3O/c1-10-5-12(16)8-18(7-10)9-14(19)17-13-4-2-3-11(15)6-13/h2-4,6,10,12H,5,7-9,16H2,1H3,(H,17,19). The lowest BCUT2D eigenvalue weighted by Gasteiger charge is -2.34. The van der Waals surface area contributed by atoms with E-state index >= 15 is 0 Å². The number of nitrogens with zero attached hydrogens (tertiary/aromatic N) is 1. The molecule has 1 aromatic rings. The van der Waals surface area contributed by atoms with E-state index in [2.05, 4.69) is 17.1 Å². The Morgan fingerprint density at radius 3 is 3.00 bits per heavy atom. The molecule has 0 aliphatic carbocycles. The van der Waals surface area contributed by atoms with E-state index in [0.29, 0.717) is 17.5 Å². The van der Waals surface area contributed by atoms with Crippen molar-refractivity contribution in [2.75, 3.05) is 25.0 Å². The molecule has 1 aliphatic rings. The summed E-state index contributed by atoms with van der Waals surface area (Å²) in [5, 5.41) is 3.47. The van der Waals surface area contributed by atoms with Crippen molar-refractivity contribution in [2.45, 2.75) is 19.4 Å². The number of halogens is 1. The minimum absolute atomic E-state index is 0.0245. The number of nitrogens with one attached hydrogen (secondary N) is 1. The maximum Gasteiger partial charge on any atom is 0.238 e. The van der Waals surface area contributed by atoms with Gasteiger partial charge in [-0.2, -0.15) is 0 Å². The SMILES string of the molecule is CC1CC(N)CN(CC(=O)Nc2cccc(Cl)c2)C1. The van der Waals surface area contributed by atoms with Gasteiger partial charge in [-0.3, -0.25) is 9.69 Å². The molecule has 1 heterocycles. The van der Waals surface area contributed by atoms with E-state index in [0.717, 1.165) is 25.2 Å². The molecule has 0 radical (unpaired) electrons. The lowest BCUT2D eigenvalue weighted by atomic mass is 9.97. The Morgan fingerprint density at radius 1 is 1.53 bits per heavy atom. The molecular weight excluding hydrogens is 262 g/mol. The molecule has 0 bridgehead atoms. The molecule has 1 fully saturated rings. The summed E-state index contributed by atoms with van der Waals surface area (Å²) in [5.41, 5.74) is 6.70. The molecule has 0 aromatic heterocycles. The smallest absolute Gasteiger partial charge is 0.238 e. The van der Waals surface area contributed by atoms with Crippen molar-refractivity contribution in [1.29, 1.82) is 0 Å². The Morgan fingerprint density at radius 2 is 2.32 bits per heavy atom. The van der Waals surface area contributed by atoms with E-state index in [1.165, 1.54) is 0 Å². The molecule has 0 saturated carbocycles. The van der Waals surface area contributed by atoms with Gasteiger partial charge in [-0.15, -0.1) is 0 Å². The summed E-state index contributed by atoms with van der Waals surface area (Å²) >= 11 is 5.88. The van der Waals surface area contributed by atoms with Crippen LogP contribution in [0.5, 0.6) is 0 Å². The molecule has 1 aromatic carbocycles. The van der Waals surface area contributed by atoms with Gasteiger partial charge in [0.1, 0.15) is 0 Å². The largest absolute Gasteiger partial charge is 0.327 e. The molecule has 1 aliphatic heterocycles. The van der Waals surface area contributed by atoms with E-state index in [9.17, 15) is 4.79 Å². The highest BCUT2D eigenvalue weighted by Gasteiger charge is 2.23. The highest BCUT2D eigenvalue weighted by Crippen LogP contribution is 2.16. The van der Waals surface area contributed by atoms with Crippen molar-refractivity contribution in [1.82, 2.24) is 4.90 Å². The molecule has 2 rings (SSSR count). The molecule has 104 valence electrons. The number of anilines is 1. The van der Waals surface area contributed by atoms with Crippen molar-refractivity contribution in [3.63, 3.8) is 0 Å². The number of benzene rings is 1. The highest BCUT2D eigenvalue weighted by atomic mass is 35.5. The second-order valence-corrected chi connectivity index (χ2v) is 5.79. The van der Waals surface area contributed by atoms with Crippen LogP contribution in [-0.4, -0.2) is 36.5 Å². The minimum Gasteiger partial charge on any atom is -0.327 e. The van der Waals surface area contributed by atoms with Crippen molar-refractivity contribution in [3.8, 4) is 0 Å². The highest BCUT2D eigenvalue weighted by molar-refractivity contribution is 6.30. The van der Waals surface area contributed by atoms with Gasteiger partial charge in [0.15, 0.2) is 0 Å². The van der Waals surface area contributed by atoms with Gasteiger partial charge in [0, 0.05) is 29.8 Å². The van der Waals surface area contributed by atoms with Crippen LogP contribution in [0.25, 0.3) is 0 Å². The maximum absolute atomic E-state index is 12.0. The van der Waals surface area contributed by atoms with Crippen LogP contribution in [0, 0.1) is 5.92 Å². The first kappa shape index (κ1) is 14.3. The minimum atomic E-state index is -0.0245. The van der Waals surface area contributed by atoms with E-state index in [1.807, 2.05) is 12.1 Å². The van der Waals surface area contributed by atoms with Gasteiger partial charge < -0.3 is 11.1 Å². The van der Waals surface area contributed by atoms with Gasteiger partial charge in [0.2, 0.25) is 5.91 Å². The fourth-order valence-corrected chi connectivity index (χ4v) is 2.80. The van der Waals surface area contributed by atoms with Crippen molar-refractivity contribution >= 4 is 23.2 Å². The third-order valence-corrected chi connectivity index (χ3v) is 3.48. The predicted octanol–water partition coefficient (Wildman–Crippen LogP) is 1.95. The molecule has 19 heavy (non-hydrogen) atoms. The fraction of sp³-hybridized carbons (Fsp3) is 0.500. The number of likely N-dealkylation sites (tertiary alicyclic amines) is 1. The quantitative estimate of drug-likeness (QED) is 0.890. The van der Waals surface area contributed by atoms with Crippen molar-refractivity contribution < 1.29 is 4.79 Å². The fourth-order valence-electron chi connectivity index (χ4n) is 2.61. The van der Waals surface area contributed by atoms with Gasteiger partial charge in [-0.25, -0.2) is 0 Å². The average Bonchev–Trinajstić information content (AvgIpc) is 2.26. The second kappa shape index (κ2) is 6.37. The molecule has 1 amide bonds. The summed E-state index contributed by atoms with van der Waals surface area (Å²) in [6.45, 7) is 4.26. The number of piperidine rings is 1. The van der Waals surface area contributed by atoms with E-state index < -0.39 is 0 Å². The van der Waals surface area contributed by atoms with Crippen molar-refractivity contribution in [3.05, 3.63) is 29.3 Å². The topological polar surface area (TPSA) is 58.4 Å². The summed E-state index contributed by atoms with van der Waals surface area (Å²) < 4.78 is 0. The first-order valence-electron chi connectivity index (χ1n) is 6.56. The first-order valence-corrected chi connectivity index (χ1v) is 6.94. The zero-order chi connectivity index (χ0) is 13.8. The van der Waals surface area contributed by atoms with Crippen LogP contribution >= 0.6 is 11.6 Å². The van der Waals surface area contributed by atoms with Crippen LogP contribution in [0.3, 0.4) is 0 Å². The predicted molar refractivity (Wildman–Crippen MR) is 78.3 cm³/mol. The van der Waals surface area contributed by atoms with E-state index in [-0.39, 0.29) is 11.9 Å². The average molecular weight is 282 g/mol. The summed E-state index contributed by atoms with van der Waals surface area (Å²) in [7, 11) is 0. The lowest BCUT2D eigenvalue weighted by molar-refractivity contribution is -0.117. The Labute approximate surface area is 118 Å². The van der Waals surface area contributed by atoms with Crippen LogP contribution in [-0.2, 0) is 4.79 Å². The summed E-state index contributed by atoms with van der Waals surface area (Å²) in [4.78, 5) is 14.1. The molecule has 2 unspecified atom stereocenters. The van der Waals surface area contributed by atoms with Gasteiger partial charge >= 0.3 is 0 Å². The Balaban J connectivity index is 1.87.